The van der Waals surface area contributed by atoms with Crippen molar-refractivity contribution in [1.29, 1.82) is 0 Å². The number of hydrogen-bond donors (Lipinski definition) is 1. The molecule has 0 aromatic heterocycles. The largest absolute Gasteiger partial charge is 0.350 e. The van der Waals surface area contributed by atoms with Crippen molar-refractivity contribution in [2.24, 2.45) is 0 Å². The van der Waals surface area contributed by atoms with Crippen LogP contribution >= 0.6 is 0 Å². The van der Waals surface area contributed by atoms with Crippen LogP contribution in [0.4, 0.5) is 10.1 Å². The van der Waals surface area contributed by atoms with Crippen LogP contribution in [0.25, 0.3) is 0 Å². The first-order valence-electron chi connectivity index (χ1n) is 8.61. The molecule has 0 fully saturated rings. The molecule has 2 amide bonds. The second-order valence-electron chi connectivity index (χ2n) is 5.92. The Hall–Kier alpha value is -3.47. The van der Waals surface area contributed by atoms with Crippen molar-refractivity contribution in [3.63, 3.8) is 0 Å². The summed E-state index contributed by atoms with van der Waals surface area (Å²) in [5.74, 6) is -0.791. The number of hydrogen-bond acceptors (Lipinski definition) is 2. The van der Waals surface area contributed by atoms with Gasteiger partial charge in [0.2, 0.25) is 0 Å². The standard InChI is InChI=1S/C22H19FN2O2/c23-19-11-13-20(14-12-19)25(22(27)18-9-5-2-6-10-18)16-15-24-21(26)17-7-3-1-4-8-17/h1-14H,15-16H2,(H,24,26). The average Bonchev–Trinajstić information content (AvgIpc) is 2.73. The van der Waals surface area contributed by atoms with Crippen LogP contribution in [0.15, 0.2) is 84.9 Å². The fourth-order valence-corrected chi connectivity index (χ4v) is 2.68. The molecule has 0 spiro atoms. The van der Waals surface area contributed by atoms with Crippen molar-refractivity contribution in [1.82, 2.24) is 5.32 Å². The van der Waals surface area contributed by atoms with Gasteiger partial charge in [-0.1, -0.05) is 36.4 Å². The number of nitrogens with zero attached hydrogens (tertiary/aromatic N) is 1. The van der Waals surface area contributed by atoms with E-state index in [9.17, 15) is 14.0 Å². The van der Waals surface area contributed by atoms with Gasteiger partial charge in [0.1, 0.15) is 5.82 Å². The zero-order valence-corrected chi connectivity index (χ0v) is 14.6. The minimum atomic E-state index is -0.372. The Bertz CT molecular complexity index is 897. The van der Waals surface area contributed by atoms with E-state index in [0.29, 0.717) is 16.8 Å². The zero-order chi connectivity index (χ0) is 19.1. The lowest BCUT2D eigenvalue weighted by molar-refractivity contribution is 0.0943. The van der Waals surface area contributed by atoms with Crippen LogP contribution in [-0.2, 0) is 0 Å². The zero-order valence-electron chi connectivity index (χ0n) is 14.6. The van der Waals surface area contributed by atoms with Gasteiger partial charge in [-0.2, -0.15) is 0 Å². The Kier molecular flexibility index (Phi) is 5.94. The second-order valence-corrected chi connectivity index (χ2v) is 5.92. The number of benzene rings is 3. The summed E-state index contributed by atoms with van der Waals surface area (Å²) in [6.07, 6.45) is 0. The first-order valence-corrected chi connectivity index (χ1v) is 8.61. The molecule has 3 aromatic rings. The van der Waals surface area contributed by atoms with E-state index in [1.807, 2.05) is 12.1 Å². The summed E-state index contributed by atoms with van der Waals surface area (Å²) in [7, 11) is 0. The van der Waals surface area contributed by atoms with Crippen molar-refractivity contribution in [3.8, 4) is 0 Å². The molecule has 4 nitrogen and oxygen atoms in total. The summed E-state index contributed by atoms with van der Waals surface area (Å²) >= 11 is 0. The third-order valence-corrected chi connectivity index (χ3v) is 4.06. The highest BCUT2D eigenvalue weighted by atomic mass is 19.1. The predicted molar refractivity (Wildman–Crippen MR) is 103 cm³/mol. The maximum absolute atomic E-state index is 13.3. The van der Waals surface area contributed by atoms with E-state index in [2.05, 4.69) is 5.32 Å². The SMILES string of the molecule is O=C(NCCN(C(=O)c1ccccc1)c1ccc(F)cc1)c1ccccc1. The smallest absolute Gasteiger partial charge is 0.258 e. The molecule has 0 atom stereocenters. The molecule has 1 N–H and O–H groups in total. The molecule has 3 rings (SSSR count). The summed E-state index contributed by atoms with van der Waals surface area (Å²) < 4.78 is 13.3. The normalized spacial score (nSPS) is 10.3. The summed E-state index contributed by atoms with van der Waals surface area (Å²) in [5.41, 5.74) is 1.65. The molecule has 5 heteroatoms. The van der Waals surface area contributed by atoms with E-state index in [4.69, 9.17) is 0 Å². The number of rotatable bonds is 6. The van der Waals surface area contributed by atoms with Gasteiger partial charge in [0.05, 0.1) is 0 Å². The second kappa shape index (κ2) is 8.76. The highest BCUT2D eigenvalue weighted by Crippen LogP contribution is 2.17. The van der Waals surface area contributed by atoms with Gasteiger partial charge in [-0.05, 0) is 48.5 Å². The van der Waals surface area contributed by atoms with E-state index in [-0.39, 0.29) is 30.7 Å². The monoisotopic (exact) mass is 362 g/mol. The predicted octanol–water partition coefficient (Wildman–Crippen LogP) is 3.90. The number of nitrogens with one attached hydrogen (secondary N) is 1. The first-order chi connectivity index (χ1) is 13.1. The summed E-state index contributed by atoms with van der Waals surface area (Å²) in [5, 5.41) is 2.81. The summed E-state index contributed by atoms with van der Waals surface area (Å²) in [6, 6.07) is 23.4. The van der Waals surface area contributed by atoms with Crippen LogP contribution in [0.3, 0.4) is 0 Å². The van der Waals surface area contributed by atoms with Gasteiger partial charge in [-0.3, -0.25) is 9.59 Å². The fourth-order valence-electron chi connectivity index (χ4n) is 2.68. The molecule has 27 heavy (non-hydrogen) atoms. The lowest BCUT2D eigenvalue weighted by Gasteiger charge is -2.23. The van der Waals surface area contributed by atoms with E-state index in [1.54, 1.807) is 60.7 Å². The third kappa shape index (κ3) is 4.79. The Labute approximate surface area is 157 Å². The minimum Gasteiger partial charge on any atom is -0.350 e. The molecule has 0 aliphatic carbocycles. The highest BCUT2D eigenvalue weighted by Gasteiger charge is 2.18. The van der Waals surface area contributed by atoms with Gasteiger partial charge in [0.25, 0.3) is 11.8 Å². The molecular weight excluding hydrogens is 343 g/mol. The van der Waals surface area contributed by atoms with Crippen molar-refractivity contribution in [3.05, 3.63) is 102 Å². The third-order valence-electron chi connectivity index (χ3n) is 4.06. The molecule has 3 aromatic carbocycles. The van der Waals surface area contributed by atoms with Gasteiger partial charge in [0, 0.05) is 29.9 Å². The molecule has 0 aliphatic heterocycles. The van der Waals surface area contributed by atoms with Crippen LogP contribution in [-0.4, -0.2) is 24.9 Å². The van der Waals surface area contributed by atoms with Gasteiger partial charge in [0.15, 0.2) is 0 Å². The molecule has 0 unspecified atom stereocenters. The number of amides is 2. The highest BCUT2D eigenvalue weighted by molar-refractivity contribution is 6.06. The van der Waals surface area contributed by atoms with E-state index in [1.165, 1.54) is 17.0 Å². The molecule has 0 aliphatic rings. The van der Waals surface area contributed by atoms with Crippen molar-refractivity contribution >= 4 is 17.5 Å². The summed E-state index contributed by atoms with van der Waals surface area (Å²) in [6.45, 7) is 0.529. The number of carbonyl (C=O) groups excluding carboxylic acids is 2. The topological polar surface area (TPSA) is 49.4 Å². The molecule has 0 saturated carbocycles. The van der Waals surface area contributed by atoms with Crippen LogP contribution in [0.5, 0.6) is 0 Å². The Morgan fingerprint density at radius 3 is 1.93 bits per heavy atom. The van der Waals surface area contributed by atoms with Crippen molar-refractivity contribution in [2.75, 3.05) is 18.0 Å². The Balaban J connectivity index is 1.73. The fraction of sp³-hybridized carbons (Fsp3) is 0.0909. The molecule has 136 valence electrons. The van der Waals surface area contributed by atoms with E-state index >= 15 is 0 Å². The summed E-state index contributed by atoms with van der Waals surface area (Å²) in [4.78, 5) is 26.6. The molecular formula is C22H19FN2O2. The Morgan fingerprint density at radius 2 is 1.33 bits per heavy atom. The minimum absolute atomic E-state index is 0.207. The molecule has 0 saturated heterocycles. The van der Waals surface area contributed by atoms with Crippen LogP contribution in [0, 0.1) is 5.82 Å². The number of anilines is 1. The molecule has 0 bridgehead atoms. The number of carbonyl (C=O) groups is 2. The average molecular weight is 362 g/mol. The quantitative estimate of drug-likeness (QED) is 0.723. The lowest BCUT2D eigenvalue weighted by Crippen LogP contribution is -2.38. The first kappa shape index (κ1) is 18.3. The van der Waals surface area contributed by atoms with E-state index < -0.39 is 0 Å². The number of halogens is 1. The maximum atomic E-state index is 13.3. The van der Waals surface area contributed by atoms with Gasteiger partial charge >= 0.3 is 0 Å². The maximum Gasteiger partial charge on any atom is 0.258 e. The van der Waals surface area contributed by atoms with Crippen molar-refractivity contribution < 1.29 is 14.0 Å². The Morgan fingerprint density at radius 1 is 0.778 bits per heavy atom. The van der Waals surface area contributed by atoms with Gasteiger partial charge in [-0.25, -0.2) is 4.39 Å². The van der Waals surface area contributed by atoms with Crippen LogP contribution in [0.1, 0.15) is 20.7 Å². The van der Waals surface area contributed by atoms with E-state index in [0.717, 1.165) is 0 Å². The van der Waals surface area contributed by atoms with Crippen LogP contribution in [0.2, 0.25) is 0 Å². The van der Waals surface area contributed by atoms with Gasteiger partial charge < -0.3 is 10.2 Å². The lowest BCUT2D eigenvalue weighted by atomic mass is 10.1. The molecule has 0 radical (unpaired) electrons. The van der Waals surface area contributed by atoms with Crippen molar-refractivity contribution in [2.45, 2.75) is 0 Å². The van der Waals surface area contributed by atoms with Gasteiger partial charge in [-0.15, -0.1) is 0 Å². The van der Waals surface area contributed by atoms with Crippen LogP contribution < -0.4 is 10.2 Å². The molecule has 0 heterocycles.